The van der Waals surface area contributed by atoms with Crippen LogP contribution in [0.5, 0.6) is 0 Å². The van der Waals surface area contributed by atoms with Gasteiger partial charge in [0.25, 0.3) is 0 Å². The molecule has 5 nitrogen and oxygen atoms in total. The van der Waals surface area contributed by atoms with E-state index in [9.17, 15) is 10.2 Å². The maximum Gasteiger partial charge on any atom is 0.184 e. The van der Waals surface area contributed by atoms with E-state index >= 15 is 0 Å². The first kappa shape index (κ1) is 15.9. The predicted octanol–water partition coefficient (Wildman–Crippen LogP) is 1.31. The van der Waals surface area contributed by atoms with E-state index in [1.807, 2.05) is 30.3 Å². The lowest BCUT2D eigenvalue weighted by Crippen LogP contribution is -2.65. The Morgan fingerprint density at radius 3 is 2.73 bits per heavy atom. The van der Waals surface area contributed by atoms with Crippen LogP contribution >= 0.6 is 0 Å². The second-order valence-electron chi connectivity index (χ2n) is 6.15. The van der Waals surface area contributed by atoms with Gasteiger partial charge in [0.05, 0.1) is 18.8 Å². The summed E-state index contributed by atoms with van der Waals surface area (Å²) in [7, 11) is 0. The molecule has 0 amide bonds. The minimum Gasteiger partial charge on any atom is -0.389 e. The standard InChI is InChI=1S/C17H25NO4/c1-2-3-9-18-10-14(19)15(20)16-13(18)11-21-17(22-16)12-7-5-4-6-8-12/h4-8,13-17,19-20H,2-3,9-11H2,1H3/t13-,14+,15-,16-,17-/m1/s1. The Bertz CT molecular complexity index is 469. The van der Waals surface area contributed by atoms with Gasteiger partial charge in [-0.2, -0.15) is 0 Å². The number of hydrogen-bond acceptors (Lipinski definition) is 5. The number of aliphatic hydroxyl groups excluding tert-OH is 2. The summed E-state index contributed by atoms with van der Waals surface area (Å²) < 4.78 is 11.9. The summed E-state index contributed by atoms with van der Waals surface area (Å²) in [6.45, 7) is 4.03. The second kappa shape index (κ2) is 7.06. The molecule has 0 aromatic heterocycles. The van der Waals surface area contributed by atoms with Crippen molar-refractivity contribution >= 4 is 0 Å². The van der Waals surface area contributed by atoms with Crippen LogP contribution < -0.4 is 0 Å². The highest BCUT2D eigenvalue weighted by molar-refractivity contribution is 5.16. The second-order valence-corrected chi connectivity index (χ2v) is 6.15. The molecule has 2 heterocycles. The molecule has 0 aliphatic carbocycles. The minimum absolute atomic E-state index is 0.00455. The maximum atomic E-state index is 10.3. The third-order valence-corrected chi connectivity index (χ3v) is 4.57. The largest absolute Gasteiger partial charge is 0.389 e. The van der Waals surface area contributed by atoms with Crippen LogP contribution in [0, 0.1) is 0 Å². The number of nitrogens with zero attached hydrogens (tertiary/aromatic N) is 1. The normalized spacial score (nSPS) is 36.0. The zero-order valence-electron chi connectivity index (χ0n) is 13.0. The van der Waals surface area contributed by atoms with Crippen molar-refractivity contribution in [1.82, 2.24) is 4.90 Å². The van der Waals surface area contributed by atoms with Gasteiger partial charge in [-0.3, -0.25) is 4.90 Å². The lowest BCUT2D eigenvalue weighted by atomic mass is 9.92. The Morgan fingerprint density at radius 2 is 2.00 bits per heavy atom. The van der Waals surface area contributed by atoms with E-state index < -0.39 is 24.6 Å². The Labute approximate surface area is 131 Å². The lowest BCUT2D eigenvalue weighted by Gasteiger charge is -2.49. The van der Waals surface area contributed by atoms with Gasteiger partial charge in [0.2, 0.25) is 0 Å². The molecule has 2 fully saturated rings. The SMILES string of the molecule is CCCCN1C[C@H](O)[C@@H](O)[C@@H]2O[C@H](c3ccccc3)OC[C@H]21. The van der Waals surface area contributed by atoms with E-state index in [1.165, 1.54) is 0 Å². The summed E-state index contributed by atoms with van der Waals surface area (Å²) in [5, 5.41) is 20.5. The van der Waals surface area contributed by atoms with Crippen LogP contribution in [0.2, 0.25) is 0 Å². The highest BCUT2D eigenvalue weighted by atomic mass is 16.7. The Kier molecular flexibility index (Phi) is 5.10. The molecule has 2 aliphatic rings. The monoisotopic (exact) mass is 307 g/mol. The van der Waals surface area contributed by atoms with Crippen molar-refractivity contribution in [3.05, 3.63) is 35.9 Å². The van der Waals surface area contributed by atoms with Crippen molar-refractivity contribution < 1.29 is 19.7 Å². The van der Waals surface area contributed by atoms with Crippen LogP contribution in [-0.2, 0) is 9.47 Å². The topological polar surface area (TPSA) is 62.2 Å². The summed E-state index contributed by atoms with van der Waals surface area (Å²) >= 11 is 0. The number of piperidine rings is 1. The molecular formula is C17H25NO4. The van der Waals surface area contributed by atoms with E-state index in [-0.39, 0.29) is 6.04 Å². The van der Waals surface area contributed by atoms with Crippen molar-refractivity contribution in [2.45, 2.75) is 50.4 Å². The van der Waals surface area contributed by atoms with Crippen LogP contribution in [0.4, 0.5) is 0 Å². The van der Waals surface area contributed by atoms with Gasteiger partial charge in [0.1, 0.15) is 12.2 Å². The average molecular weight is 307 g/mol. The van der Waals surface area contributed by atoms with Crippen LogP contribution in [-0.4, -0.2) is 59.2 Å². The number of likely N-dealkylation sites (tertiary alicyclic amines) is 1. The summed E-state index contributed by atoms with van der Waals surface area (Å²) in [6.07, 6.45) is -0.365. The minimum atomic E-state index is -0.863. The van der Waals surface area contributed by atoms with E-state index in [4.69, 9.17) is 9.47 Å². The molecule has 0 unspecified atom stereocenters. The van der Waals surface area contributed by atoms with Crippen molar-refractivity contribution in [3.63, 3.8) is 0 Å². The third kappa shape index (κ3) is 3.19. The van der Waals surface area contributed by atoms with Gasteiger partial charge in [-0.15, -0.1) is 0 Å². The molecule has 122 valence electrons. The number of aliphatic hydroxyl groups is 2. The molecule has 1 aromatic carbocycles. The number of ether oxygens (including phenoxy) is 2. The van der Waals surface area contributed by atoms with Crippen LogP contribution in [0.3, 0.4) is 0 Å². The number of hydrogen-bond donors (Lipinski definition) is 2. The first-order chi connectivity index (χ1) is 10.7. The zero-order valence-corrected chi connectivity index (χ0v) is 13.0. The molecule has 3 rings (SSSR count). The molecule has 0 bridgehead atoms. The Balaban J connectivity index is 1.73. The van der Waals surface area contributed by atoms with E-state index in [0.717, 1.165) is 24.9 Å². The highest BCUT2D eigenvalue weighted by Gasteiger charge is 2.46. The molecule has 5 atom stereocenters. The summed E-state index contributed by atoms with van der Waals surface area (Å²) in [4.78, 5) is 2.19. The first-order valence-electron chi connectivity index (χ1n) is 8.13. The third-order valence-electron chi connectivity index (χ3n) is 4.57. The summed E-state index contributed by atoms with van der Waals surface area (Å²) in [5.74, 6) is 0. The number of β-amino-alcohol motifs (C(OH)–C–C–N with tert-alkyl or cyclic N) is 1. The molecule has 2 saturated heterocycles. The van der Waals surface area contributed by atoms with Gasteiger partial charge in [-0.25, -0.2) is 0 Å². The Morgan fingerprint density at radius 1 is 1.23 bits per heavy atom. The number of rotatable bonds is 4. The number of unbranched alkanes of at least 4 members (excludes halogenated alkanes) is 1. The van der Waals surface area contributed by atoms with Gasteiger partial charge in [0, 0.05) is 12.1 Å². The summed E-state index contributed by atoms with van der Waals surface area (Å²) in [5.41, 5.74) is 0.938. The van der Waals surface area contributed by atoms with E-state index in [0.29, 0.717) is 13.2 Å². The Hall–Kier alpha value is -0.980. The van der Waals surface area contributed by atoms with Crippen molar-refractivity contribution in [1.29, 1.82) is 0 Å². The zero-order chi connectivity index (χ0) is 15.5. The van der Waals surface area contributed by atoms with E-state index in [1.54, 1.807) is 0 Å². The molecule has 5 heteroatoms. The smallest absolute Gasteiger partial charge is 0.184 e. The molecule has 0 radical (unpaired) electrons. The van der Waals surface area contributed by atoms with Crippen molar-refractivity contribution in [2.75, 3.05) is 19.7 Å². The molecule has 22 heavy (non-hydrogen) atoms. The number of benzene rings is 1. The molecule has 1 aromatic rings. The molecule has 0 spiro atoms. The molecule has 2 aliphatic heterocycles. The average Bonchev–Trinajstić information content (AvgIpc) is 2.57. The van der Waals surface area contributed by atoms with Crippen LogP contribution in [0.15, 0.2) is 30.3 Å². The van der Waals surface area contributed by atoms with Crippen molar-refractivity contribution in [2.24, 2.45) is 0 Å². The highest BCUT2D eigenvalue weighted by Crippen LogP contribution is 2.33. The van der Waals surface area contributed by atoms with E-state index in [2.05, 4.69) is 11.8 Å². The van der Waals surface area contributed by atoms with Gasteiger partial charge >= 0.3 is 0 Å². The predicted molar refractivity (Wildman–Crippen MR) is 82.3 cm³/mol. The van der Waals surface area contributed by atoms with Crippen LogP contribution in [0.25, 0.3) is 0 Å². The fraction of sp³-hybridized carbons (Fsp3) is 0.647. The van der Waals surface area contributed by atoms with Crippen molar-refractivity contribution in [3.8, 4) is 0 Å². The fourth-order valence-corrected chi connectivity index (χ4v) is 3.28. The number of fused-ring (bicyclic) bond motifs is 1. The molecule has 2 N–H and O–H groups in total. The van der Waals surface area contributed by atoms with Crippen LogP contribution in [0.1, 0.15) is 31.6 Å². The summed E-state index contributed by atoms with van der Waals surface area (Å²) in [6, 6.07) is 9.73. The lowest BCUT2D eigenvalue weighted by molar-refractivity contribution is -0.287. The fourth-order valence-electron chi connectivity index (χ4n) is 3.28. The van der Waals surface area contributed by atoms with Gasteiger partial charge in [-0.05, 0) is 13.0 Å². The maximum absolute atomic E-state index is 10.3. The molecular weight excluding hydrogens is 282 g/mol. The quantitative estimate of drug-likeness (QED) is 0.878. The molecule has 0 saturated carbocycles. The van der Waals surface area contributed by atoms with Gasteiger partial charge in [-0.1, -0.05) is 43.7 Å². The van der Waals surface area contributed by atoms with Gasteiger partial charge < -0.3 is 19.7 Å². The first-order valence-corrected chi connectivity index (χ1v) is 8.13. The van der Waals surface area contributed by atoms with Gasteiger partial charge in [0.15, 0.2) is 6.29 Å².